The Balaban J connectivity index is 2.24. The van der Waals surface area contributed by atoms with E-state index in [1.165, 1.54) is 13.2 Å². The average molecular weight is 314 g/mol. The van der Waals surface area contributed by atoms with E-state index in [0.717, 1.165) is 31.4 Å². The monoisotopic (exact) mass is 313 g/mol. The molecule has 1 N–H and O–H groups in total. The van der Waals surface area contributed by atoms with Gasteiger partial charge >= 0.3 is 5.97 Å². The normalized spacial score (nSPS) is 17.1. The molecule has 1 saturated carbocycles. The lowest BCUT2D eigenvalue weighted by atomic mass is 9.81. The molecular formula is C15H17ClFNO3. The van der Waals surface area contributed by atoms with Gasteiger partial charge in [0, 0.05) is 0 Å². The van der Waals surface area contributed by atoms with Crippen LogP contribution in [-0.2, 0) is 9.53 Å². The van der Waals surface area contributed by atoms with E-state index in [2.05, 4.69) is 5.32 Å². The molecule has 0 heterocycles. The number of nitrogens with one attached hydrogen (secondary N) is 1. The fourth-order valence-electron chi connectivity index (χ4n) is 2.69. The summed E-state index contributed by atoms with van der Waals surface area (Å²) in [5.74, 6) is -1.46. The van der Waals surface area contributed by atoms with Gasteiger partial charge in [-0.3, -0.25) is 4.79 Å². The smallest absolute Gasteiger partial charge is 0.331 e. The van der Waals surface area contributed by atoms with Crippen LogP contribution < -0.4 is 5.32 Å². The highest BCUT2D eigenvalue weighted by molar-refractivity contribution is 6.33. The summed E-state index contributed by atoms with van der Waals surface area (Å²) in [4.78, 5) is 24.4. The molecule has 0 radical (unpaired) electrons. The number of carbonyl (C=O) groups excluding carboxylic acids is 2. The van der Waals surface area contributed by atoms with Crippen molar-refractivity contribution < 1.29 is 18.7 Å². The predicted molar refractivity (Wildman–Crippen MR) is 76.7 cm³/mol. The van der Waals surface area contributed by atoms with E-state index >= 15 is 0 Å². The first-order valence-corrected chi connectivity index (χ1v) is 7.22. The number of methoxy groups -OCH3 is 1. The Bertz CT molecular complexity index is 556. The van der Waals surface area contributed by atoms with Crippen LogP contribution in [0.3, 0.4) is 0 Å². The maximum atomic E-state index is 13.0. The third-order valence-corrected chi connectivity index (χ3v) is 4.12. The van der Waals surface area contributed by atoms with Gasteiger partial charge in [0.2, 0.25) is 0 Å². The lowest BCUT2D eigenvalue weighted by molar-refractivity contribution is -0.149. The van der Waals surface area contributed by atoms with Crippen LogP contribution in [0.15, 0.2) is 18.2 Å². The number of carbonyl (C=O) groups is 2. The Morgan fingerprint density at radius 1 is 1.29 bits per heavy atom. The molecule has 1 aromatic carbocycles. The second-order valence-electron chi connectivity index (χ2n) is 5.21. The standard InChI is InChI=1S/C15H17ClFNO3/c1-21-14(20)15(7-3-2-4-8-15)18-13(19)11-6-5-10(17)9-12(11)16/h5-6,9H,2-4,7-8H2,1H3,(H,18,19). The van der Waals surface area contributed by atoms with Gasteiger partial charge in [-0.15, -0.1) is 0 Å². The third kappa shape index (κ3) is 3.35. The molecule has 2 rings (SSSR count). The van der Waals surface area contributed by atoms with Crippen molar-refractivity contribution in [2.75, 3.05) is 7.11 Å². The summed E-state index contributed by atoms with van der Waals surface area (Å²) in [6.45, 7) is 0. The van der Waals surface area contributed by atoms with Crippen LogP contribution in [0, 0.1) is 5.82 Å². The van der Waals surface area contributed by atoms with Crippen LogP contribution in [0.25, 0.3) is 0 Å². The van der Waals surface area contributed by atoms with Gasteiger partial charge in [0.25, 0.3) is 5.91 Å². The summed E-state index contributed by atoms with van der Waals surface area (Å²) in [5, 5.41) is 2.76. The number of ether oxygens (including phenoxy) is 1. The third-order valence-electron chi connectivity index (χ3n) is 3.81. The van der Waals surface area contributed by atoms with Crippen molar-refractivity contribution in [2.24, 2.45) is 0 Å². The number of hydrogen-bond donors (Lipinski definition) is 1. The van der Waals surface area contributed by atoms with Gasteiger partial charge in [0.1, 0.15) is 11.4 Å². The highest BCUT2D eigenvalue weighted by Gasteiger charge is 2.42. The van der Waals surface area contributed by atoms with E-state index in [0.29, 0.717) is 12.8 Å². The molecule has 0 saturated heterocycles. The predicted octanol–water partition coefficient (Wildman–Crippen LogP) is 3.08. The highest BCUT2D eigenvalue weighted by Crippen LogP contribution is 2.30. The number of rotatable bonds is 3. The number of benzene rings is 1. The van der Waals surface area contributed by atoms with E-state index in [-0.39, 0.29) is 10.6 Å². The SMILES string of the molecule is COC(=O)C1(NC(=O)c2ccc(F)cc2Cl)CCCCC1. The van der Waals surface area contributed by atoms with Gasteiger partial charge in [0.15, 0.2) is 0 Å². The van der Waals surface area contributed by atoms with Gasteiger partial charge in [0.05, 0.1) is 17.7 Å². The number of halogens is 2. The number of amides is 1. The fraction of sp³-hybridized carbons (Fsp3) is 0.467. The lowest BCUT2D eigenvalue weighted by Gasteiger charge is -2.35. The first kappa shape index (κ1) is 15.8. The van der Waals surface area contributed by atoms with Gasteiger partial charge in [-0.25, -0.2) is 9.18 Å². The first-order valence-electron chi connectivity index (χ1n) is 6.84. The maximum absolute atomic E-state index is 13.0. The maximum Gasteiger partial charge on any atom is 0.331 e. The molecule has 1 aromatic rings. The molecular weight excluding hydrogens is 297 g/mol. The van der Waals surface area contributed by atoms with Gasteiger partial charge in [-0.05, 0) is 31.0 Å². The number of esters is 1. The second-order valence-corrected chi connectivity index (χ2v) is 5.62. The van der Waals surface area contributed by atoms with Gasteiger partial charge < -0.3 is 10.1 Å². The van der Waals surface area contributed by atoms with Crippen molar-refractivity contribution in [1.29, 1.82) is 0 Å². The van der Waals surface area contributed by atoms with Crippen LogP contribution >= 0.6 is 11.6 Å². The molecule has 0 spiro atoms. The summed E-state index contributed by atoms with van der Waals surface area (Å²) in [5.41, 5.74) is -0.867. The summed E-state index contributed by atoms with van der Waals surface area (Å²) < 4.78 is 17.9. The highest BCUT2D eigenvalue weighted by atomic mass is 35.5. The summed E-state index contributed by atoms with van der Waals surface area (Å²) in [6.07, 6.45) is 3.76. The Kier molecular flexibility index (Phi) is 4.83. The molecule has 1 amide bonds. The quantitative estimate of drug-likeness (QED) is 0.872. The molecule has 0 aromatic heterocycles. The zero-order valence-corrected chi connectivity index (χ0v) is 12.5. The molecule has 4 nitrogen and oxygen atoms in total. The minimum absolute atomic E-state index is 0.0170. The van der Waals surface area contributed by atoms with Crippen molar-refractivity contribution in [3.63, 3.8) is 0 Å². The zero-order chi connectivity index (χ0) is 15.5. The summed E-state index contributed by atoms with van der Waals surface area (Å²) in [6, 6.07) is 3.54. The topological polar surface area (TPSA) is 55.4 Å². The molecule has 0 bridgehead atoms. The van der Waals surface area contributed by atoms with Gasteiger partial charge in [-0.1, -0.05) is 30.9 Å². The average Bonchev–Trinajstić information content (AvgIpc) is 2.47. The molecule has 0 aliphatic heterocycles. The van der Waals surface area contributed by atoms with E-state index in [1.54, 1.807) is 0 Å². The summed E-state index contributed by atoms with van der Waals surface area (Å²) >= 11 is 5.88. The Labute approximate surface area is 127 Å². The largest absolute Gasteiger partial charge is 0.467 e. The minimum Gasteiger partial charge on any atom is -0.467 e. The van der Waals surface area contributed by atoms with E-state index in [1.807, 2.05) is 0 Å². The van der Waals surface area contributed by atoms with Crippen molar-refractivity contribution in [3.8, 4) is 0 Å². The fourth-order valence-corrected chi connectivity index (χ4v) is 2.94. The van der Waals surface area contributed by atoms with Gasteiger partial charge in [-0.2, -0.15) is 0 Å². The summed E-state index contributed by atoms with van der Waals surface area (Å²) in [7, 11) is 1.30. The van der Waals surface area contributed by atoms with E-state index in [4.69, 9.17) is 16.3 Å². The van der Waals surface area contributed by atoms with E-state index in [9.17, 15) is 14.0 Å². The van der Waals surface area contributed by atoms with Crippen LogP contribution in [-0.4, -0.2) is 24.5 Å². The van der Waals surface area contributed by atoms with Crippen molar-refractivity contribution in [2.45, 2.75) is 37.6 Å². The molecule has 6 heteroatoms. The van der Waals surface area contributed by atoms with Crippen LogP contribution in [0.5, 0.6) is 0 Å². The molecule has 1 aliphatic carbocycles. The first-order chi connectivity index (χ1) is 9.98. The van der Waals surface area contributed by atoms with Crippen molar-refractivity contribution in [1.82, 2.24) is 5.32 Å². The van der Waals surface area contributed by atoms with Crippen LogP contribution in [0.4, 0.5) is 4.39 Å². The Morgan fingerprint density at radius 2 is 1.95 bits per heavy atom. The molecule has 0 atom stereocenters. The van der Waals surface area contributed by atoms with Crippen molar-refractivity contribution >= 4 is 23.5 Å². The lowest BCUT2D eigenvalue weighted by Crippen LogP contribution is -2.56. The van der Waals surface area contributed by atoms with Crippen LogP contribution in [0.1, 0.15) is 42.5 Å². The Hall–Kier alpha value is -1.62. The number of hydrogen-bond acceptors (Lipinski definition) is 3. The molecule has 0 unspecified atom stereocenters. The second kappa shape index (κ2) is 6.43. The Morgan fingerprint density at radius 3 is 2.52 bits per heavy atom. The van der Waals surface area contributed by atoms with Crippen molar-refractivity contribution in [3.05, 3.63) is 34.6 Å². The van der Waals surface area contributed by atoms with E-state index < -0.39 is 23.2 Å². The van der Waals surface area contributed by atoms with Crippen LogP contribution in [0.2, 0.25) is 5.02 Å². The molecule has 21 heavy (non-hydrogen) atoms. The molecule has 1 fully saturated rings. The molecule has 1 aliphatic rings. The zero-order valence-electron chi connectivity index (χ0n) is 11.7. The minimum atomic E-state index is -1.01. The molecule has 114 valence electrons.